The lowest BCUT2D eigenvalue weighted by molar-refractivity contribution is -0.118. The van der Waals surface area contributed by atoms with Gasteiger partial charge in [-0.2, -0.15) is 0 Å². The van der Waals surface area contributed by atoms with Gasteiger partial charge in [-0.1, -0.05) is 42.5 Å². The molecule has 3 amide bonds. The fraction of sp³-hybridized carbons (Fsp3) is 0.120. The van der Waals surface area contributed by atoms with Crippen molar-refractivity contribution in [1.29, 1.82) is 0 Å². The smallest absolute Gasteiger partial charge is 0.319 e. The van der Waals surface area contributed by atoms with Gasteiger partial charge in [0, 0.05) is 22.8 Å². The average molecular weight is 429 g/mol. The summed E-state index contributed by atoms with van der Waals surface area (Å²) in [4.78, 5) is 24.5. The van der Waals surface area contributed by atoms with Crippen molar-refractivity contribution in [1.82, 2.24) is 5.32 Å². The van der Waals surface area contributed by atoms with E-state index in [0.717, 1.165) is 11.0 Å². The van der Waals surface area contributed by atoms with E-state index in [9.17, 15) is 9.59 Å². The van der Waals surface area contributed by atoms with Gasteiger partial charge in [-0.05, 0) is 43.3 Å². The molecule has 3 aromatic carbocycles. The molecule has 7 heteroatoms. The predicted octanol–water partition coefficient (Wildman–Crippen LogP) is 5.33. The van der Waals surface area contributed by atoms with Gasteiger partial charge in [0.15, 0.2) is 6.61 Å². The van der Waals surface area contributed by atoms with Crippen molar-refractivity contribution in [2.75, 3.05) is 17.2 Å². The molecule has 162 valence electrons. The van der Waals surface area contributed by atoms with Crippen LogP contribution in [-0.2, 0) is 4.79 Å². The van der Waals surface area contributed by atoms with Gasteiger partial charge in [0.1, 0.15) is 17.1 Å². The van der Waals surface area contributed by atoms with Crippen LogP contribution in [0.2, 0.25) is 0 Å². The van der Waals surface area contributed by atoms with Crippen molar-refractivity contribution in [3.05, 3.63) is 90.7 Å². The summed E-state index contributed by atoms with van der Waals surface area (Å²) in [5.41, 5.74) is 2.02. The van der Waals surface area contributed by atoms with Crippen LogP contribution in [0.4, 0.5) is 16.2 Å². The third-order valence-electron chi connectivity index (χ3n) is 4.74. The first-order valence-corrected chi connectivity index (χ1v) is 10.2. The fourth-order valence-corrected chi connectivity index (χ4v) is 3.18. The molecule has 0 bridgehead atoms. The Hall–Kier alpha value is -4.26. The van der Waals surface area contributed by atoms with E-state index >= 15 is 0 Å². The minimum absolute atomic E-state index is 0.145. The number of anilines is 2. The minimum Gasteiger partial charge on any atom is -0.484 e. The molecule has 4 rings (SSSR count). The molecule has 0 spiro atoms. The second-order valence-corrected chi connectivity index (χ2v) is 7.24. The molecule has 0 saturated heterocycles. The molecule has 0 aliphatic rings. The molecule has 1 heterocycles. The third kappa shape index (κ3) is 5.46. The third-order valence-corrected chi connectivity index (χ3v) is 4.74. The molecule has 0 fully saturated rings. The van der Waals surface area contributed by atoms with Crippen LogP contribution in [0.3, 0.4) is 0 Å². The number of hydrogen-bond acceptors (Lipinski definition) is 4. The molecule has 7 nitrogen and oxygen atoms in total. The molecule has 1 aromatic heterocycles. The van der Waals surface area contributed by atoms with Crippen LogP contribution in [0, 0.1) is 0 Å². The van der Waals surface area contributed by atoms with Crippen molar-refractivity contribution < 1.29 is 18.7 Å². The molecule has 0 aliphatic carbocycles. The molecule has 3 N–H and O–H groups in total. The zero-order chi connectivity index (χ0) is 22.3. The fourth-order valence-electron chi connectivity index (χ4n) is 3.18. The normalized spacial score (nSPS) is 11.5. The summed E-state index contributed by atoms with van der Waals surface area (Å²) in [7, 11) is 0. The highest BCUT2D eigenvalue weighted by Gasteiger charge is 2.14. The molecule has 0 aliphatic heterocycles. The first-order chi connectivity index (χ1) is 15.6. The Kier molecular flexibility index (Phi) is 6.36. The standard InChI is InChI=1S/C25H23N3O4/c1-17(23-14-18-8-5-6-13-22(18)32-23)26-25(30)28-20-11-7-12-21(15-20)31-16-24(29)27-19-9-3-2-4-10-19/h2-15,17H,16H2,1H3,(H,27,29)(H2,26,28,30). The Bertz CT molecular complexity index is 1190. The van der Waals surface area contributed by atoms with Gasteiger partial charge in [0.2, 0.25) is 0 Å². The van der Waals surface area contributed by atoms with Gasteiger partial charge >= 0.3 is 6.03 Å². The van der Waals surface area contributed by atoms with Crippen molar-refractivity contribution in [2.45, 2.75) is 13.0 Å². The summed E-state index contributed by atoms with van der Waals surface area (Å²) in [6, 6.07) is 24.9. The predicted molar refractivity (Wildman–Crippen MR) is 124 cm³/mol. The first-order valence-electron chi connectivity index (χ1n) is 10.2. The van der Waals surface area contributed by atoms with E-state index in [1.54, 1.807) is 36.4 Å². The van der Waals surface area contributed by atoms with E-state index in [1.807, 2.05) is 55.5 Å². The molecule has 1 atom stereocenters. The highest BCUT2D eigenvalue weighted by atomic mass is 16.5. The Morgan fingerprint density at radius 2 is 1.62 bits per heavy atom. The van der Waals surface area contributed by atoms with Crippen molar-refractivity contribution in [2.24, 2.45) is 0 Å². The molecule has 4 aromatic rings. The number of hydrogen-bond donors (Lipinski definition) is 3. The summed E-state index contributed by atoms with van der Waals surface area (Å²) in [5.74, 6) is 0.867. The highest BCUT2D eigenvalue weighted by Crippen LogP contribution is 2.24. The maximum absolute atomic E-state index is 12.4. The van der Waals surface area contributed by atoms with Gasteiger partial charge in [-0.15, -0.1) is 0 Å². The lowest BCUT2D eigenvalue weighted by Crippen LogP contribution is -2.30. The maximum Gasteiger partial charge on any atom is 0.319 e. The largest absolute Gasteiger partial charge is 0.484 e. The minimum atomic E-state index is -0.378. The number of urea groups is 1. The molecular formula is C25H23N3O4. The monoisotopic (exact) mass is 429 g/mol. The number of carbonyl (C=O) groups is 2. The number of amides is 3. The Morgan fingerprint density at radius 3 is 2.44 bits per heavy atom. The van der Waals surface area contributed by atoms with E-state index in [2.05, 4.69) is 16.0 Å². The number of carbonyl (C=O) groups excluding carboxylic acids is 2. The Labute approximate surface area is 185 Å². The van der Waals surface area contributed by atoms with E-state index < -0.39 is 0 Å². The summed E-state index contributed by atoms with van der Waals surface area (Å²) in [5, 5.41) is 9.36. The highest BCUT2D eigenvalue weighted by molar-refractivity contribution is 5.92. The molecular weight excluding hydrogens is 406 g/mol. The second-order valence-electron chi connectivity index (χ2n) is 7.24. The number of ether oxygens (including phenoxy) is 1. The molecule has 32 heavy (non-hydrogen) atoms. The van der Waals surface area contributed by atoms with E-state index in [-0.39, 0.29) is 24.6 Å². The van der Waals surface area contributed by atoms with Crippen LogP contribution >= 0.6 is 0 Å². The molecule has 1 unspecified atom stereocenters. The van der Waals surface area contributed by atoms with E-state index in [0.29, 0.717) is 22.9 Å². The zero-order valence-corrected chi connectivity index (χ0v) is 17.5. The summed E-state index contributed by atoms with van der Waals surface area (Å²) in [6.07, 6.45) is 0. The number of fused-ring (bicyclic) bond motifs is 1. The second kappa shape index (κ2) is 9.70. The summed E-state index contributed by atoms with van der Waals surface area (Å²) < 4.78 is 11.3. The van der Waals surface area contributed by atoms with E-state index in [4.69, 9.17) is 9.15 Å². The maximum atomic E-state index is 12.4. The van der Waals surface area contributed by atoms with Crippen LogP contribution in [0.25, 0.3) is 11.0 Å². The van der Waals surface area contributed by atoms with Gasteiger partial charge < -0.3 is 25.1 Å². The van der Waals surface area contributed by atoms with Crippen molar-refractivity contribution in [3.8, 4) is 5.75 Å². The van der Waals surface area contributed by atoms with Crippen LogP contribution in [0.5, 0.6) is 5.75 Å². The molecule has 0 radical (unpaired) electrons. The quantitative estimate of drug-likeness (QED) is 0.370. The summed E-state index contributed by atoms with van der Waals surface area (Å²) >= 11 is 0. The zero-order valence-electron chi connectivity index (χ0n) is 17.5. The number of benzene rings is 3. The van der Waals surface area contributed by atoms with Crippen molar-refractivity contribution >= 4 is 34.3 Å². The lowest BCUT2D eigenvalue weighted by atomic mass is 10.2. The first kappa shape index (κ1) is 21.0. The Balaban J connectivity index is 1.29. The van der Waals surface area contributed by atoms with E-state index in [1.165, 1.54) is 0 Å². The van der Waals surface area contributed by atoms with Crippen LogP contribution < -0.4 is 20.7 Å². The van der Waals surface area contributed by atoms with Gasteiger partial charge in [0.25, 0.3) is 5.91 Å². The van der Waals surface area contributed by atoms with Crippen LogP contribution in [0.1, 0.15) is 18.7 Å². The van der Waals surface area contributed by atoms with Crippen molar-refractivity contribution in [3.63, 3.8) is 0 Å². The topological polar surface area (TPSA) is 92.6 Å². The average Bonchev–Trinajstić information content (AvgIpc) is 3.23. The van der Waals surface area contributed by atoms with Crippen LogP contribution in [0.15, 0.2) is 89.3 Å². The lowest BCUT2D eigenvalue weighted by Gasteiger charge is -2.13. The SMILES string of the molecule is CC(NC(=O)Nc1cccc(OCC(=O)Nc2ccccc2)c1)c1cc2ccccc2o1. The molecule has 0 saturated carbocycles. The number of furan rings is 1. The van der Waals surface area contributed by atoms with Crippen LogP contribution in [-0.4, -0.2) is 18.5 Å². The number of rotatable bonds is 7. The number of nitrogens with one attached hydrogen (secondary N) is 3. The Morgan fingerprint density at radius 1 is 0.875 bits per heavy atom. The number of para-hydroxylation sites is 2. The summed E-state index contributed by atoms with van der Waals surface area (Å²) in [6.45, 7) is 1.70. The van der Waals surface area contributed by atoms with Gasteiger partial charge in [-0.3, -0.25) is 4.79 Å². The van der Waals surface area contributed by atoms with Gasteiger partial charge in [-0.25, -0.2) is 4.79 Å². The van der Waals surface area contributed by atoms with Gasteiger partial charge in [0.05, 0.1) is 6.04 Å².